The lowest BCUT2D eigenvalue weighted by molar-refractivity contribution is 0.368. The molecule has 1 N–H and O–H groups in total. The van der Waals surface area contributed by atoms with Crippen molar-refractivity contribution in [3.63, 3.8) is 0 Å². The minimum atomic E-state index is -3.27. The number of hydrogen-bond donors (Lipinski definition) is 1. The van der Waals surface area contributed by atoms with Gasteiger partial charge in [0, 0.05) is 19.1 Å². The van der Waals surface area contributed by atoms with E-state index in [-0.39, 0.29) is 11.5 Å². The second kappa shape index (κ2) is 5.02. The number of rotatable bonds is 5. The summed E-state index contributed by atoms with van der Waals surface area (Å²) in [6.07, 6.45) is 2.99. The minimum Gasteiger partial charge on any atom is -0.199 e. The van der Waals surface area contributed by atoms with Crippen molar-refractivity contribution in [2.45, 2.75) is 53.0 Å². The Balaban J connectivity index is 2.61. The summed E-state index contributed by atoms with van der Waals surface area (Å²) in [5, 5.41) is 0. The SMILES string of the molecule is CCN(CC)S(=O)(=O)NC1CCC(C)(C)C1. The molecule has 0 aromatic carbocycles. The zero-order valence-corrected chi connectivity index (χ0v) is 11.6. The molecule has 5 heteroatoms. The van der Waals surface area contributed by atoms with Gasteiger partial charge in [0.15, 0.2) is 0 Å². The molecule has 1 rings (SSSR count). The first kappa shape index (κ1) is 13.9. The van der Waals surface area contributed by atoms with Gasteiger partial charge in [-0.1, -0.05) is 27.7 Å². The first-order chi connectivity index (χ1) is 7.30. The highest BCUT2D eigenvalue weighted by atomic mass is 32.2. The van der Waals surface area contributed by atoms with Gasteiger partial charge in [-0.3, -0.25) is 0 Å². The smallest absolute Gasteiger partial charge is 0.199 e. The van der Waals surface area contributed by atoms with Crippen LogP contribution in [0.15, 0.2) is 0 Å². The fourth-order valence-electron chi connectivity index (χ4n) is 2.39. The minimum absolute atomic E-state index is 0.112. The Labute approximate surface area is 99.6 Å². The van der Waals surface area contributed by atoms with Crippen LogP contribution in [0.5, 0.6) is 0 Å². The molecule has 1 unspecified atom stereocenters. The first-order valence-corrected chi connectivity index (χ1v) is 7.52. The van der Waals surface area contributed by atoms with Gasteiger partial charge in [-0.25, -0.2) is 0 Å². The molecule has 0 spiro atoms. The molecule has 1 aliphatic carbocycles. The lowest BCUT2D eigenvalue weighted by Gasteiger charge is -2.23. The zero-order valence-electron chi connectivity index (χ0n) is 10.8. The highest BCUT2D eigenvalue weighted by Gasteiger charge is 2.34. The van der Waals surface area contributed by atoms with Crippen molar-refractivity contribution in [3.8, 4) is 0 Å². The molecular formula is C11H24N2O2S. The van der Waals surface area contributed by atoms with E-state index < -0.39 is 10.2 Å². The van der Waals surface area contributed by atoms with Crippen molar-refractivity contribution < 1.29 is 8.42 Å². The van der Waals surface area contributed by atoms with E-state index in [0.717, 1.165) is 19.3 Å². The molecule has 1 aliphatic rings. The molecule has 0 bridgehead atoms. The summed E-state index contributed by atoms with van der Waals surface area (Å²) in [6, 6.07) is 0.112. The van der Waals surface area contributed by atoms with Gasteiger partial charge in [-0.2, -0.15) is 17.4 Å². The molecule has 0 aliphatic heterocycles. The quantitative estimate of drug-likeness (QED) is 0.805. The molecule has 0 aromatic heterocycles. The van der Waals surface area contributed by atoms with Crippen LogP contribution >= 0.6 is 0 Å². The third-order valence-electron chi connectivity index (χ3n) is 3.33. The van der Waals surface area contributed by atoms with E-state index >= 15 is 0 Å². The second-order valence-corrected chi connectivity index (χ2v) is 7.01. The Morgan fingerprint density at radius 3 is 2.25 bits per heavy atom. The van der Waals surface area contributed by atoms with Crippen LogP contribution in [0, 0.1) is 5.41 Å². The Morgan fingerprint density at radius 1 is 1.31 bits per heavy atom. The average molecular weight is 248 g/mol. The van der Waals surface area contributed by atoms with Crippen molar-refractivity contribution >= 4 is 10.2 Å². The van der Waals surface area contributed by atoms with Crippen molar-refractivity contribution in [3.05, 3.63) is 0 Å². The van der Waals surface area contributed by atoms with Crippen molar-refractivity contribution in [2.75, 3.05) is 13.1 Å². The van der Waals surface area contributed by atoms with E-state index in [9.17, 15) is 8.42 Å². The Morgan fingerprint density at radius 2 is 1.88 bits per heavy atom. The monoisotopic (exact) mass is 248 g/mol. The number of nitrogens with one attached hydrogen (secondary N) is 1. The fraction of sp³-hybridized carbons (Fsp3) is 1.00. The largest absolute Gasteiger partial charge is 0.279 e. The Kier molecular flexibility index (Phi) is 4.37. The average Bonchev–Trinajstić information content (AvgIpc) is 2.45. The lowest BCUT2D eigenvalue weighted by atomic mass is 9.92. The summed E-state index contributed by atoms with van der Waals surface area (Å²) in [5.74, 6) is 0. The predicted octanol–water partition coefficient (Wildman–Crippen LogP) is 1.74. The van der Waals surface area contributed by atoms with Crippen LogP contribution in [0.4, 0.5) is 0 Å². The van der Waals surface area contributed by atoms with Gasteiger partial charge in [0.1, 0.15) is 0 Å². The summed E-state index contributed by atoms with van der Waals surface area (Å²) < 4.78 is 28.2. The summed E-state index contributed by atoms with van der Waals surface area (Å²) in [5.41, 5.74) is 0.274. The van der Waals surface area contributed by atoms with E-state index in [2.05, 4.69) is 18.6 Å². The maximum atomic E-state index is 12.0. The summed E-state index contributed by atoms with van der Waals surface area (Å²) in [6.45, 7) is 9.17. The third-order valence-corrected chi connectivity index (χ3v) is 5.16. The van der Waals surface area contributed by atoms with Gasteiger partial charge in [-0.05, 0) is 24.7 Å². The molecule has 4 nitrogen and oxygen atoms in total. The van der Waals surface area contributed by atoms with Crippen LogP contribution in [0.1, 0.15) is 47.0 Å². The molecule has 96 valence electrons. The standard InChI is InChI=1S/C11H24N2O2S/c1-5-13(6-2)16(14,15)12-10-7-8-11(3,4)9-10/h10,12H,5-9H2,1-4H3. The summed E-state index contributed by atoms with van der Waals surface area (Å²) in [4.78, 5) is 0. The first-order valence-electron chi connectivity index (χ1n) is 6.08. The molecule has 1 fully saturated rings. The van der Waals surface area contributed by atoms with Crippen LogP contribution in [-0.2, 0) is 10.2 Å². The van der Waals surface area contributed by atoms with Crippen LogP contribution in [0.2, 0.25) is 0 Å². The topological polar surface area (TPSA) is 49.4 Å². The maximum Gasteiger partial charge on any atom is 0.279 e. The zero-order chi connectivity index (χ0) is 12.4. The highest BCUT2D eigenvalue weighted by molar-refractivity contribution is 7.87. The van der Waals surface area contributed by atoms with E-state index in [1.54, 1.807) is 0 Å². The predicted molar refractivity (Wildman–Crippen MR) is 66.4 cm³/mol. The molecule has 0 aromatic rings. The molecule has 16 heavy (non-hydrogen) atoms. The van der Waals surface area contributed by atoms with Crippen LogP contribution < -0.4 is 4.72 Å². The van der Waals surface area contributed by atoms with E-state index in [4.69, 9.17) is 0 Å². The highest BCUT2D eigenvalue weighted by Crippen LogP contribution is 2.37. The molecular weight excluding hydrogens is 224 g/mol. The van der Waals surface area contributed by atoms with E-state index in [1.807, 2.05) is 13.8 Å². The molecule has 0 heterocycles. The van der Waals surface area contributed by atoms with Gasteiger partial charge < -0.3 is 0 Å². The van der Waals surface area contributed by atoms with Gasteiger partial charge in [0.25, 0.3) is 10.2 Å². The van der Waals surface area contributed by atoms with Gasteiger partial charge in [-0.15, -0.1) is 0 Å². The fourth-order valence-corrected chi connectivity index (χ4v) is 3.84. The van der Waals surface area contributed by atoms with Crippen LogP contribution in [-0.4, -0.2) is 31.9 Å². The third kappa shape index (κ3) is 3.43. The van der Waals surface area contributed by atoms with Crippen molar-refractivity contribution in [1.29, 1.82) is 0 Å². The van der Waals surface area contributed by atoms with Crippen molar-refractivity contribution in [1.82, 2.24) is 9.03 Å². The van der Waals surface area contributed by atoms with E-state index in [0.29, 0.717) is 13.1 Å². The van der Waals surface area contributed by atoms with E-state index in [1.165, 1.54) is 4.31 Å². The molecule has 0 amide bonds. The summed E-state index contributed by atoms with van der Waals surface area (Å²) in [7, 11) is -3.27. The van der Waals surface area contributed by atoms with Crippen LogP contribution in [0.3, 0.4) is 0 Å². The van der Waals surface area contributed by atoms with Gasteiger partial charge in [0.2, 0.25) is 0 Å². The molecule has 1 saturated carbocycles. The Hall–Kier alpha value is -0.130. The number of hydrogen-bond acceptors (Lipinski definition) is 2. The maximum absolute atomic E-state index is 12.0. The molecule has 1 atom stereocenters. The molecule has 0 saturated heterocycles. The summed E-state index contributed by atoms with van der Waals surface area (Å²) >= 11 is 0. The lowest BCUT2D eigenvalue weighted by Crippen LogP contribution is -2.44. The Bertz CT molecular complexity index is 321. The van der Waals surface area contributed by atoms with Crippen LogP contribution in [0.25, 0.3) is 0 Å². The van der Waals surface area contributed by atoms with Gasteiger partial charge >= 0.3 is 0 Å². The van der Waals surface area contributed by atoms with Crippen molar-refractivity contribution in [2.24, 2.45) is 5.41 Å². The van der Waals surface area contributed by atoms with Gasteiger partial charge in [0.05, 0.1) is 0 Å². The molecule has 0 radical (unpaired) electrons. The normalized spacial score (nSPS) is 25.2. The number of nitrogens with zero attached hydrogens (tertiary/aromatic N) is 1. The second-order valence-electron chi connectivity index (χ2n) is 5.31.